The number of hydrogen-bond acceptors (Lipinski definition) is 4. The van der Waals surface area contributed by atoms with E-state index in [1.807, 2.05) is 6.07 Å². The van der Waals surface area contributed by atoms with Gasteiger partial charge in [0.2, 0.25) is 0 Å². The van der Waals surface area contributed by atoms with Crippen LogP contribution in [0.25, 0.3) is 10.9 Å². The van der Waals surface area contributed by atoms with Gasteiger partial charge in [-0.15, -0.1) is 0 Å². The minimum Gasteiger partial charge on any atom is -0.368 e. The zero-order valence-electron chi connectivity index (χ0n) is 17.0. The lowest BCUT2D eigenvalue weighted by Gasteiger charge is -2.44. The molecule has 1 aliphatic carbocycles. The number of hydrogen-bond donors (Lipinski definition) is 2. The molecule has 2 N–H and O–H groups in total. The van der Waals surface area contributed by atoms with Crippen molar-refractivity contribution in [3.63, 3.8) is 0 Å². The van der Waals surface area contributed by atoms with Crippen molar-refractivity contribution in [3.05, 3.63) is 59.4 Å². The summed E-state index contributed by atoms with van der Waals surface area (Å²) in [7, 11) is 0. The van der Waals surface area contributed by atoms with E-state index in [9.17, 15) is 4.79 Å². The van der Waals surface area contributed by atoms with Crippen molar-refractivity contribution >= 4 is 22.6 Å². The van der Waals surface area contributed by atoms with E-state index >= 15 is 0 Å². The first-order chi connectivity index (χ1) is 14.7. The van der Waals surface area contributed by atoms with E-state index < -0.39 is 0 Å². The average Bonchev–Trinajstić information content (AvgIpc) is 3.52. The third-order valence-electron chi connectivity index (χ3n) is 6.82. The molecule has 6 heteroatoms. The molecule has 4 heterocycles. The number of nitrogens with zero attached hydrogens (tertiary/aromatic N) is 2. The first-order valence-corrected chi connectivity index (χ1v) is 11.0. The van der Waals surface area contributed by atoms with Gasteiger partial charge in [0.05, 0.1) is 12.3 Å². The highest BCUT2D eigenvalue weighted by atomic mass is 16.5. The van der Waals surface area contributed by atoms with E-state index in [1.165, 1.54) is 22.2 Å². The molecule has 1 saturated heterocycles. The molecule has 3 aromatic rings. The molecule has 0 unspecified atom stereocenters. The van der Waals surface area contributed by atoms with Crippen molar-refractivity contribution in [2.75, 3.05) is 24.6 Å². The number of piperidine rings is 1. The number of anilines is 1. The maximum Gasteiger partial charge on any atom is 0.251 e. The monoisotopic (exact) mass is 402 g/mol. The summed E-state index contributed by atoms with van der Waals surface area (Å²) in [6, 6.07) is 12.6. The Morgan fingerprint density at radius 1 is 1.20 bits per heavy atom. The molecule has 3 aliphatic rings. The maximum absolute atomic E-state index is 12.4. The molecular weight excluding hydrogens is 376 g/mol. The smallest absolute Gasteiger partial charge is 0.251 e. The molecule has 2 fully saturated rings. The minimum atomic E-state index is -0.246. The van der Waals surface area contributed by atoms with Crippen LogP contribution in [0.1, 0.15) is 47.3 Å². The number of aromatic nitrogens is 2. The first-order valence-electron chi connectivity index (χ1n) is 11.0. The first kappa shape index (κ1) is 18.0. The number of H-pyrrole nitrogens is 1. The van der Waals surface area contributed by atoms with E-state index in [4.69, 9.17) is 4.74 Å². The molecule has 2 aliphatic heterocycles. The molecule has 154 valence electrons. The SMILES string of the molecule is O=C(NC1CC1)c1ccnc(N2CCC3(CC2)OCCc2c3[nH]c3ccccc23)c1. The van der Waals surface area contributed by atoms with Crippen LogP contribution in [0.15, 0.2) is 42.6 Å². The van der Waals surface area contributed by atoms with Gasteiger partial charge in [-0.2, -0.15) is 0 Å². The molecule has 0 radical (unpaired) electrons. The molecule has 6 rings (SSSR count). The summed E-state index contributed by atoms with van der Waals surface area (Å²) in [6.07, 6.45) is 6.71. The summed E-state index contributed by atoms with van der Waals surface area (Å²) in [5, 5.41) is 4.39. The average molecular weight is 402 g/mol. The van der Waals surface area contributed by atoms with Gasteiger partial charge in [0.25, 0.3) is 5.91 Å². The van der Waals surface area contributed by atoms with Crippen molar-refractivity contribution in [1.82, 2.24) is 15.3 Å². The minimum absolute atomic E-state index is 0.00737. The molecule has 0 bridgehead atoms. The summed E-state index contributed by atoms with van der Waals surface area (Å²) >= 11 is 0. The fraction of sp³-hybridized carbons (Fsp3) is 0.417. The third kappa shape index (κ3) is 2.98. The Bertz CT molecular complexity index is 1110. The number of benzene rings is 1. The van der Waals surface area contributed by atoms with E-state index in [2.05, 4.69) is 44.5 Å². The molecule has 0 atom stereocenters. The highest BCUT2D eigenvalue weighted by Crippen LogP contribution is 2.43. The van der Waals surface area contributed by atoms with Crippen LogP contribution in [0.2, 0.25) is 0 Å². The lowest BCUT2D eigenvalue weighted by molar-refractivity contribution is -0.0791. The van der Waals surface area contributed by atoms with Gasteiger partial charge in [0, 0.05) is 41.8 Å². The Balaban J connectivity index is 1.23. The third-order valence-corrected chi connectivity index (χ3v) is 6.82. The van der Waals surface area contributed by atoms with Gasteiger partial charge in [0.15, 0.2) is 0 Å². The van der Waals surface area contributed by atoms with Crippen LogP contribution in [0, 0.1) is 0 Å². The van der Waals surface area contributed by atoms with Crippen molar-refractivity contribution < 1.29 is 9.53 Å². The Morgan fingerprint density at radius 3 is 2.87 bits per heavy atom. The number of para-hydroxylation sites is 1. The number of carbonyl (C=O) groups excluding carboxylic acids is 1. The molecule has 30 heavy (non-hydrogen) atoms. The molecular formula is C24H26N4O2. The van der Waals surface area contributed by atoms with Crippen LogP contribution in [0.3, 0.4) is 0 Å². The fourth-order valence-electron chi connectivity index (χ4n) is 4.99. The predicted octanol–water partition coefficient (Wildman–Crippen LogP) is 3.52. The van der Waals surface area contributed by atoms with Gasteiger partial charge < -0.3 is 19.9 Å². The van der Waals surface area contributed by atoms with E-state index in [-0.39, 0.29) is 11.5 Å². The number of fused-ring (bicyclic) bond motifs is 4. The summed E-state index contributed by atoms with van der Waals surface area (Å²) < 4.78 is 6.42. The van der Waals surface area contributed by atoms with Crippen molar-refractivity contribution in [1.29, 1.82) is 0 Å². The van der Waals surface area contributed by atoms with E-state index in [0.29, 0.717) is 11.6 Å². The molecule has 1 amide bonds. The van der Waals surface area contributed by atoms with E-state index in [0.717, 1.165) is 57.6 Å². The second-order valence-electron chi connectivity index (χ2n) is 8.75. The molecule has 2 aromatic heterocycles. The summed E-state index contributed by atoms with van der Waals surface area (Å²) in [4.78, 5) is 22.9. The normalized spacial score (nSPS) is 20.3. The molecule has 1 aromatic carbocycles. The number of rotatable bonds is 3. The zero-order chi connectivity index (χ0) is 20.1. The Morgan fingerprint density at radius 2 is 2.03 bits per heavy atom. The lowest BCUT2D eigenvalue weighted by Crippen LogP contribution is -2.47. The van der Waals surface area contributed by atoms with Crippen molar-refractivity contribution in [3.8, 4) is 0 Å². The number of carbonyl (C=O) groups is 1. The Hall–Kier alpha value is -2.86. The topological polar surface area (TPSA) is 70.2 Å². The van der Waals surface area contributed by atoms with Gasteiger partial charge >= 0.3 is 0 Å². The van der Waals surface area contributed by atoms with Crippen LogP contribution in [0.4, 0.5) is 5.82 Å². The van der Waals surface area contributed by atoms with Gasteiger partial charge in [-0.05, 0) is 55.9 Å². The van der Waals surface area contributed by atoms with E-state index in [1.54, 1.807) is 12.3 Å². The van der Waals surface area contributed by atoms with Crippen LogP contribution in [-0.2, 0) is 16.8 Å². The quantitative estimate of drug-likeness (QED) is 0.703. The Kier molecular flexibility index (Phi) is 4.09. The zero-order valence-corrected chi connectivity index (χ0v) is 17.0. The van der Waals surface area contributed by atoms with Gasteiger partial charge in [-0.25, -0.2) is 4.98 Å². The standard InChI is InChI=1S/C24H26N4O2/c29-23(26-17-5-6-17)16-7-11-25-21(15-16)28-12-9-24(10-13-28)22-19(8-14-30-24)18-3-1-2-4-20(18)27-22/h1-4,7,11,15,17,27H,5-6,8-10,12-14H2,(H,26,29). The number of amides is 1. The summed E-state index contributed by atoms with van der Waals surface area (Å²) in [5.74, 6) is 0.883. The lowest BCUT2D eigenvalue weighted by atomic mass is 9.83. The Labute approximate surface area is 175 Å². The number of ether oxygens (including phenoxy) is 1. The highest BCUT2D eigenvalue weighted by molar-refractivity contribution is 5.95. The summed E-state index contributed by atoms with van der Waals surface area (Å²) in [5.41, 5.74) is 4.33. The number of aromatic amines is 1. The van der Waals surface area contributed by atoms with Gasteiger partial charge in [0.1, 0.15) is 11.4 Å². The number of nitrogens with one attached hydrogen (secondary N) is 2. The summed E-state index contributed by atoms with van der Waals surface area (Å²) in [6.45, 7) is 2.48. The highest BCUT2D eigenvalue weighted by Gasteiger charge is 2.43. The maximum atomic E-state index is 12.4. The largest absolute Gasteiger partial charge is 0.368 e. The van der Waals surface area contributed by atoms with Crippen LogP contribution in [-0.4, -0.2) is 41.6 Å². The van der Waals surface area contributed by atoms with Crippen LogP contribution >= 0.6 is 0 Å². The van der Waals surface area contributed by atoms with Crippen LogP contribution < -0.4 is 10.2 Å². The van der Waals surface area contributed by atoms with Gasteiger partial charge in [-0.3, -0.25) is 4.79 Å². The van der Waals surface area contributed by atoms with Gasteiger partial charge in [-0.1, -0.05) is 18.2 Å². The molecule has 1 saturated carbocycles. The fourth-order valence-corrected chi connectivity index (χ4v) is 4.99. The molecule has 6 nitrogen and oxygen atoms in total. The predicted molar refractivity (Wildman–Crippen MR) is 116 cm³/mol. The molecule has 1 spiro atoms. The van der Waals surface area contributed by atoms with Crippen molar-refractivity contribution in [2.24, 2.45) is 0 Å². The second kappa shape index (κ2) is 6.84. The number of pyridine rings is 1. The van der Waals surface area contributed by atoms with Crippen LogP contribution in [0.5, 0.6) is 0 Å². The van der Waals surface area contributed by atoms with Crippen molar-refractivity contribution in [2.45, 2.75) is 43.7 Å². The second-order valence-corrected chi connectivity index (χ2v) is 8.75.